The summed E-state index contributed by atoms with van der Waals surface area (Å²) in [7, 11) is 0. The van der Waals surface area contributed by atoms with E-state index >= 15 is 0 Å². The summed E-state index contributed by atoms with van der Waals surface area (Å²) in [6.07, 6.45) is 2.79. The Bertz CT molecular complexity index is 769. The highest BCUT2D eigenvalue weighted by molar-refractivity contribution is 5.98. The molecule has 2 aromatic rings. The van der Waals surface area contributed by atoms with E-state index in [1.807, 2.05) is 30.5 Å². The normalized spacial score (nSPS) is 28.9. The third-order valence-electron chi connectivity index (χ3n) is 4.87. The van der Waals surface area contributed by atoms with Gasteiger partial charge in [-0.2, -0.15) is 0 Å². The van der Waals surface area contributed by atoms with Crippen LogP contribution in [0.5, 0.6) is 0 Å². The molecule has 4 atom stereocenters. The maximum Gasteiger partial charge on any atom is 0.251 e. The molecule has 6 nitrogen and oxygen atoms in total. The van der Waals surface area contributed by atoms with E-state index in [1.54, 1.807) is 0 Å². The second-order valence-corrected chi connectivity index (χ2v) is 6.29. The van der Waals surface area contributed by atoms with Gasteiger partial charge in [0.2, 0.25) is 5.91 Å². The molecule has 0 spiro atoms. The molecule has 3 N–H and O–H groups in total. The van der Waals surface area contributed by atoms with Crippen molar-refractivity contribution in [2.45, 2.75) is 31.5 Å². The van der Waals surface area contributed by atoms with Gasteiger partial charge in [-0.15, -0.1) is 0 Å². The maximum absolute atomic E-state index is 12.6. The van der Waals surface area contributed by atoms with Gasteiger partial charge in [0, 0.05) is 36.7 Å². The fraction of sp³-hybridized carbons (Fsp3) is 0.412. The van der Waals surface area contributed by atoms with Crippen LogP contribution in [-0.4, -0.2) is 41.6 Å². The van der Waals surface area contributed by atoms with Crippen molar-refractivity contribution in [2.24, 2.45) is 5.92 Å². The summed E-state index contributed by atoms with van der Waals surface area (Å²) >= 11 is 0. The molecule has 1 saturated heterocycles. The molecule has 1 aliphatic carbocycles. The highest BCUT2D eigenvalue weighted by Crippen LogP contribution is 2.39. The Kier molecular flexibility index (Phi) is 3.34. The first kappa shape index (κ1) is 14.3. The minimum absolute atomic E-state index is 0.0232. The summed E-state index contributed by atoms with van der Waals surface area (Å²) in [5, 5.41) is 7.04. The van der Waals surface area contributed by atoms with E-state index in [1.165, 1.54) is 6.92 Å². The predicted octanol–water partition coefficient (Wildman–Crippen LogP) is 1.19. The number of carbonyl (C=O) groups excluding carboxylic acids is 2. The molecule has 0 radical (unpaired) electrons. The standard InChI is InChI=1S/C17H19N3O3/c1-9(21)19-15-14(12-5-7-23-16(12)15)20-17(22)11-3-2-10-4-6-18-13(10)8-11/h2-4,6,8,12,14-16,18H,5,7H2,1H3,(H,19,21)(H,20,22)/t12-,14+,15-,16-/m1/s1. The number of H-pyrrole nitrogens is 1. The van der Waals surface area contributed by atoms with Gasteiger partial charge < -0.3 is 20.4 Å². The van der Waals surface area contributed by atoms with Gasteiger partial charge >= 0.3 is 0 Å². The largest absolute Gasteiger partial charge is 0.376 e. The van der Waals surface area contributed by atoms with Crippen LogP contribution in [0.1, 0.15) is 23.7 Å². The molecule has 4 rings (SSSR count). The Balaban J connectivity index is 1.51. The lowest BCUT2D eigenvalue weighted by Gasteiger charge is -2.47. The number of amides is 2. The van der Waals surface area contributed by atoms with Crippen LogP contribution in [0.3, 0.4) is 0 Å². The average molecular weight is 313 g/mol. The number of ether oxygens (including phenoxy) is 1. The molecule has 1 aromatic heterocycles. The van der Waals surface area contributed by atoms with E-state index in [0.29, 0.717) is 12.2 Å². The zero-order chi connectivity index (χ0) is 16.0. The smallest absolute Gasteiger partial charge is 0.251 e. The van der Waals surface area contributed by atoms with Gasteiger partial charge in [-0.1, -0.05) is 6.07 Å². The lowest BCUT2D eigenvalue weighted by molar-refractivity contribution is -0.123. The predicted molar refractivity (Wildman–Crippen MR) is 85.0 cm³/mol. The Hall–Kier alpha value is -2.34. The highest BCUT2D eigenvalue weighted by atomic mass is 16.5. The molecule has 120 valence electrons. The molecular formula is C17H19N3O3. The Morgan fingerprint density at radius 1 is 1.22 bits per heavy atom. The van der Waals surface area contributed by atoms with Crippen molar-refractivity contribution >= 4 is 22.7 Å². The van der Waals surface area contributed by atoms with Crippen molar-refractivity contribution in [2.75, 3.05) is 6.61 Å². The quantitative estimate of drug-likeness (QED) is 0.796. The Labute approximate surface area is 133 Å². The van der Waals surface area contributed by atoms with Crippen LogP contribution in [0.25, 0.3) is 10.9 Å². The van der Waals surface area contributed by atoms with Crippen LogP contribution in [0.15, 0.2) is 30.5 Å². The first-order valence-electron chi connectivity index (χ1n) is 7.90. The number of rotatable bonds is 3. The van der Waals surface area contributed by atoms with Gasteiger partial charge in [-0.3, -0.25) is 9.59 Å². The lowest BCUT2D eigenvalue weighted by atomic mass is 9.71. The van der Waals surface area contributed by atoms with Crippen molar-refractivity contribution in [3.63, 3.8) is 0 Å². The molecule has 2 fully saturated rings. The molecule has 2 heterocycles. The second-order valence-electron chi connectivity index (χ2n) is 6.29. The third kappa shape index (κ3) is 2.39. The van der Waals surface area contributed by atoms with E-state index < -0.39 is 0 Å². The number of fused-ring (bicyclic) bond motifs is 2. The molecule has 1 saturated carbocycles. The summed E-state index contributed by atoms with van der Waals surface area (Å²) in [5.41, 5.74) is 1.55. The molecular weight excluding hydrogens is 294 g/mol. The summed E-state index contributed by atoms with van der Waals surface area (Å²) in [4.78, 5) is 27.0. The lowest BCUT2D eigenvalue weighted by Crippen LogP contribution is -2.70. The van der Waals surface area contributed by atoms with E-state index in [-0.39, 0.29) is 35.9 Å². The third-order valence-corrected chi connectivity index (χ3v) is 4.87. The molecule has 0 unspecified atom stereocenters. The van der Waals surface area contributed by atoms with E-state index in [4.69, 9.17) is 4.74 Å². The Morgan fingerprint density at radius 2 is 2.09 bits per heavy atom. The van der Waals surface area contributed by atoms with Crippen molar-refractivity contribution in [3.05, 3.63) is 36.0 Å². The molecule has 6 heteroatoms. The first-order valence-corrected chi connectivity index (χ1v) is 7.90. The number of benzene rings is 1. The van der Waals surface area contributed by atoms with E-state index in [0.717, 1.165) is 17.3 Å². The zero-order valence-electron chi connectivity index (χ0n) is 12.8. The zero-order valence-corrected chi connectivity index (χ0v) is 12.8. The van der Waals surface area contributed by atoms with Crippen LogP contribution < -0.4 is 10.6 Å². The number of hydrogen-bond acceptors (Lipinski definition) is 3. The SMILES string of the molecule is CC(=O)N[C@@H]1[C@@H](NC(=O)c2ccc3cc[nH]c3c2)[C@H]2CCO[C@H]21. The van der Waals surface area contributed by atoms with Crippen LogP contribution in [-0.2, 0) is 9.53 Å². The molecule has 1 aliphatic heterocycles. The number of aromatic amines is 1. The van der Waals surface area contributed by atoms with Crippen LogP contribution in [0.4, 0.5) is 0 Å². The second kappa shape index (κ2) is 5.38. The molecule has 2 aliphatic rings. The molecule has 1 aromatic carbocycles. The Morgan fingerprint density at radius 3 is 2.91 bits per heavy atom. The summed E-state index contributed by atoms with van der Waals surface area (Å²) in [6.45, 7) is 2.17. The minimum atomic E-state index is -0.141. The monoisotopic (exact) mass is 313 g/mol. The summed E-state index contributed by atoms with van der Waals surface area (Å²) in [5.74, 6) is 0.0632. The number of hydrogen-bond donors (Lipinski definition) is 3. The number of nitrogens with one attached hydrogen (secondary N) is 3. The fourth-order valence-electron chi connectivity index (χ4n) is 3.73. The maximum atomic E-state index is 12.6. The van der Waals surface area contributed by atoms with Gasteiger partial charge in [-0.25, -0.2) is 0 Å². The van der Waals surface area contributed by atoms with Crippen LogP contribution >= 0.6 is 0 Å². The average Bonchev–Trinajstić information content (AvgIpc) is 3.16. The van der Waals surface area contributed by atoms with Crippen LogP contribution in [0, 0.1) is 5.92 Å². The molecule has 0 bridgehead atoms. The topological polar surface area (TPSA) is 83.2 Å². The van der Waals surface area contributed by atoms with Crippen LogP contribution in [0.2, 0.25) is 0 Å². The highest BCUT2D eigenvalue weighted by Gasteiger charge is 2.54. The van der Waals surface area contributed by atoms with Crippen molar-refractivity contribution in [1.82, 2.24) is 15.6 Å². The van der Waals surface area contributed by atoms with Gasteiger partial charge in [0.1, 0.15) is 0 Å². The van der Waals surface area contributed by atoms with Gasteiger partial charge in [0.15, 0.2) is 0 Å². The fourth-order valence-corrected chi connectivity index (χ4v) is 3.73. The number of carbonyl (C=O) groups is 2. The summed E-state index contributed by atoms with van der Waals surface area (Å²) < 4.78 is 5.66. The van der Waals surface area contributed by atoms with Gasteiger partial charge in [-0.05, 0) is 30.0 Å². The minimum Gasteiger partial charge on any atom is -0.376 e. The molecule has 2 amide bonds. The van der Waals surface area contributed by atoms with Gasteiger partial charge in [0.05, 0.1) is 18.2 Å². The van der Waals surface area contributed by atoms with Gasteiger partial charge in [0.25, 0.3) is 5.91 Å². The number of aromatic nitrogens is 1. The van der Waals surface area contributed by atoms with Crippen molar-refractivity contribution in [3.8, 4) is 0 Å². The van der Waals surface area contributed by atoms with Crippen molar-refractivity contribution in [1.29, 1.82) is 0 Å². The molecule has 23 heavy (non-hydrogen) atoms. The van der Waals surface area contributed by atoms with E-state index in [2.05, 4.69) is 15.6 Å². The summed E-state index contributed by atoms with van der Waals surface area (Å²) in [6, 6.07) is 7.35. The van der Waals surface area contributed by atoms with Crippen molar-refractivity contribution < 1.29 is 14.3 Å². The van der Waals surface area contributed by atoms with E-state index in [9.17, 15) is 9.59 Å². The first-order chi connectivity index (χ1) is 11.1.